The molecule has 6 N–H and O–H groups in total. The molecule has 0 aliphatic carbocycles. The van der Waals surface area contributed by atoms with Crippen LogP contribution in [0.5, 0.6) is 5.75 Å². The molecule has 0 saturated carbocycles. The molecule has 0 radical (unpaired) electrons. The minimum absolute atomic E-state index is 0.0147. The Labute approximate surface area is 438 Å². The second-order valence-corrected chi connectivity index (χ2v) is 21.0. The highest BCUT2D eigenvalue weighted by molar-refractivity contribution is 7.13. The van der Waals surface area contributed by atoms with E-state index in [0.717, 1.165) is 96.6 Å². The molecule has 1 saturated heterocycles. The number of hydrogen-bond donors (Lipinski definition) is 6. The molecule has 1 aliphatic rings. The summed E-state index contributed by atoms with van der Waals surface area (Å²) < 4.78 is 7.83. The molecule has 5 aromatic rings. The smallest absolute Gasteiger partial charge is 0.322 e. The van der Waals surface area contributed by atoms with Gasteiger partial charge in [0.1, 0.15) is 17.8 Å². The summed E-state index contributed by atoms with van der Waals surface area (Å²) in [6.07, 6.45) is 10.3. The number of carbonyl (C=O) groups is 5. The molecular formula is C55H74N10O8S. The van der Waals surface area contributed by atoms with Gasteiger partial charge in [0.25, 0.3) is 5.91 Å². The van der Waals surface area contributed by atoms with Crippen LogP contribution < -0.4 is 26.2 Å². The number of unbranched alkanes of at least 4 members (excludes halogenated alkanes) is 6. The monoisotopic (exact) mass is 1030 g/mol. The fourth-order valence-corrected chi connectivity index (χ4v) is 9.56. The van der Waals surface area contributed by atoms with E-state index in [-0.39, 0.29) is 49.7 Å². The van der Waals surface area contributed by atoms with Crippen LogP contribution in [0.1, 0.15) is 131 Å². The number of anilines is 1. The van der Waals surface area contributed by atoms with Crippen LogP contribution in [0.3, 0.4) is 0 Å². The first-order chi connectivity index (χ1) is 35.6. The van der Waals surface area contributed by atoms with Crippen LogP contribution in [-0.4, -0.2) is 108 Å². The minimum atomic E-state index is -0.885. The van der Waals surface area contributed by atoms with Crippen molar-refractivity contribution in [2.45, 2.75) is 149 Å². The van der Waals surface area contributed by atoms with Gasteiger partial charge < -0.3 is 35.6 Å². The van der Waals surface area contributed by atoms with Gasteiger partial charge >= 0.3 is 6.03 Å². The van der Waals surface area contributed by atoms with Crippen molar-refractivity contribution in [2.24, 2.45) is 5.41 Å². The van der Waals surface area contributed by atoms with Crippen LogP contribution in [0.4, 0.5) is 10.5 Å². The number of urea groups is 1. The second-order valence-electron chi connectivity index (χ2n) is 20.1. The van der Waals surface area contributed by atoms with Gasteiger partial charge in [0, 0.05) is 63.0 Å². The van der Waals surface area contributed by atoms with E-state index < -0.39 is 29.5 Å². The third-order valence-electron chi connectivity index (χ3n) is 13.1. The Kier molecular flexibility index (Phi) is 21.5. The molecular weight excluding hydrogens is 961 g/mol. The number of nitrogens with zero attached hydrogens (tertiary/aromatic N) is 6. The van der Waals surface area contributed by atoms with Crippen molar-refractivity contribution in [3.63, 3.8) is 0 Å². The number of hydroxylamine groups is 1. The first-order valence-electron chi connectivity index (χ1n) is 25.9. The number of likely N-dealkylation sites (tertiary alicyclic amines) is 1. The maximum atomic E-state index is 14.0. The average Bonchev–Trinajstić information content (AvgIpc) is 4.15. The number of aliphatic hydroxyl groups is 1. The molecule has 1 fully saturated rings. The summed E-state index contributed by atoms with van der Waals surface area (Å²) in [5.74, 6) is -0.831. The molecule has 0 spiro atoms. The lowest BCUT2D eigenvalue weighted by molar-refractivity contribution is -0.144. The quantitative estimate of drug-likeness (QED) is 0.0167. The molecule has 3 atom stereocenters. The lowest BCUT2D eigenvalue weighted by Crippen LogP contribution is -2.57. The highest BCUT2D eigenvalue weighted by Gasteiger charge is 2.44. The lowest BCUT2D eigenvalue weighted by atomic mass is 9.85. The Hall–Kier alpha value is -6.70. The van der Waals surface area contributed by atoms with Crippen molar-refractivity contribution < 1.29 is 39.0 Å². The fraction of sp³-hybridized carbons (Fsp3) is 0.491. The zero-order valence-corrected chi connectivity index (χ0v) is 44.3. The molecule has 18 nitrogen and oxygen atoms in total. The van der Waals surface area contributed by atoms with Crippen molar-refractivity contribution in [1.82, 2.24) is 45.9 Å². The largest absolute Gasteiger partial charge is 0.494 e. The highest BCUT2D eigenvalue weighted by Crippen LogP contribution is 2.29. The molecule has 6 rings (SSSR count). The molecule has 74 heavy (non-hydrogen) atoms. The zero-order chi connectivity index (χ0) is 53.0. The van der Waals surface area contributed by atoms with E-state index in [9.17, 15) is 29.1 Å². The van der Waals surface area contributed by atoms with Gasteiger partial charge in [-0.05, 0) is 104 Å². The van der Waals surface area contributed by atoms with Gasteiger partial charge in [-0.25, -0.2) is 15.3 Å². The Morgan fingerprint density at radius 3 is 2.30 bits per heavy atom. The summed E-state index contributed by atoms with van der Waals surface area (Å²) in [6.45, 7) is 12.3. The van der Waals surface area contributed by atoms with Gasteiger partial charge in [0.05, 0.1) is 34.5 Å². The minimum Gasteiger partial charge on any atom is -0.494 e. The van der Waals surface area contributed by atoms with Crippen LogP contribution >= 0.6 is 11.3 Å². The summed E-state index contributed by atoms with van der Waals surface area (Å²) in [4.78, 5) is 74.2. The molecule has 2 aromatic heterocycles. The number of aromatic nitrogens is 4. The topological polar surface area (TPSA) is 233 Å². The normalized spacial score (nSPS) is 14.8. The van der Waals surface area contributed by atoms with Crippen molar-refractivity contribution in [2.75, 3.05) is 25.0 Å². The third-order valence-corrected chi connectivity index (χ3v) is 14.0. The van der Waals surface area contributed by atoms with Crippen LogP contribution in [-0.2, 0) is 40.4 Å². The second kappa shape index (κ2) is 28.1. The number of aliphatic hydroxyl groups excluding tert-OH is 1. The number of nitrogens with one attached hydrogen (secondary N) is 4. The standard InChI is InChI=1S/C55H74N10O8S/c1-6-7-29-63(34-40-19-23-42(24-20-40)51(68)61-72)54(71)58-43-25-27-46(28-26-43)73-31-14-10-8-9-13-30-64-35-44(60-62-64)15-11-12-16-48(67)59-50(55(3,4)5)53(70)65-36-45(66)32-47(65)52(69)56-33-39-17-21-41(22-18-39)49-38(2)57-37-74-49/h17-28,35,37,45,47,50,66,72H,6-16,29-34,36H2,1-5H3,(H,56,69)(H,58,71)(H,59,67)(H,61,68)/t45-,47+,50-/m1/s1. The highest BCUT2D eigenvalue weighted by atomic mass is 32.1. The van der Waals surface area contributed by atoms with Crippen LogP contribution in [0.15, 0.2) is 84.5 Å². The van der Waals surface area contributed by atoms with Gasteiger partial charge in [-0.1, -0.05) is 95.0 Å². The molecule has 1 aliphatic heterocycles. The molecule has 19 heteroatoms. The first-order valence-corrected chi connectivity index (χ1v) is 26.8. The maximum absolute atomic E-state index is 14.0. The predicted octanol–water partition coefficient (Wildman–Crippen LogP) is 8.21. The Morgan fingerprint density at radius 2 is 1.61 bits per heavy atom. The Balaban J connectivity index is 0.828. The van der Waals surface area contributed by atoms with E-state index in [4.69, 9.17) is 9.94 Å². The fourth-order valence-electron chi connectivity index (χ4n) is 8.75. The van der Waals surface area contributed by atoms with Crippen molar-refractivity contribution in [3.8, 4) is 16.2 Å². The number of thiazole rings is 1. The number of hydrogen-bond acceptors (Lipinski definition) is 12. The van der Waals surface area contributed by atoms with Gasteiger partial charge in [-0.3, -0.25) is 29.1 Å². The van der Waals surface area contributed by atoms with E-state index in [1.54, 1.807) is 46.0 Å². The number of amides is 6. The SMILES string of the molecule is CCCCN(Cc1ccc(C(=O)NO)cc1)C(=O)Nc1ccc(OCCCCCCCn2cc(CCCCC(=O)N[C@H](C(=O)N3C[C@H](O)C[C@H]3C(=O)NCc3ccc(-c4scnc4C)cc3)C(C)(C)C)nn2)cc1. The van der Waals surface area contributed by atoms with Gasteiger partial charge in [-0.15, -0.1) is 16.4 Å². The average molecular weight is 1040 g/mol. The number of β-amino-alcohol motifs (C(OH)–C–C–N with tert-alkyl or cyclic N) is 1. The van der Waals surface area contributed by atoms with E-state index >= 15 is 0 Å². The number of benzene rings is 3. The summed E-state index contributed by atoms with van der Waals surface area (Å²) in [6, 6.07) is 20.1. The number of ether oxygens (including phenoxy) is 1. The molecule has 0 unspecified atom stereocenters. The zero-order valence-electron chi connectivity index (χ0n) is 43.5. The maximum Gasteiger partial charge on any atom is 0.322 e. The first kappa shape index (κ1) is 56.6. The number of carbonyl (C=O) groups excluding carboxylic acids is 5. The van der Waals surface area contributed by atoms with E-state index in [0.29, 0.717) is 43.8 Å². The summed E-state index contributed by atoms with van der Waals surface area (Å²) >= 11 is 1.58. The molecule has 0 bridgehead atoms. The van der Waals surface area contributed by atoms with E-state index in [2.05, 4.69) is 38.2 Å². The number of rotatable bonds is 27. The van der Waals surface area contributed by atoms with Crippen molar-refractivity contribution in [1.29, 1.82) is 0 Å². The van der Waals surface area contributed by atoms with Crippen molar-refractivity contribution >= 4 is 46.7 Å². The van der Waals surface area contributed by atoms with Gasteiger partial charge in [0.15, 0.2) is 0 Å². The lowest BCUT2D eigenvalue weighted by Gasteiger charge is -2.35. The van der Waals surface area contributed by atoms with E-state index in [1.807, 2.05) is 92.6 Å². The van der Waals surface area contributed by atoms with Crippen LogP contribution in [0, 0.1) is 12.3 Å². The molecule has 3 heterocycles. The van der Waals surface area contributed by atoms with Gasteiger partial charge in [-0.2, -0.15) is 0 Å². The van der Waals surface area contributed by atoms with Crippen LogP contribution in [0.25, 0.3) is 10.4 Å². The summed E-state index contributed by atoms with van der Waals surface area (Å²) in [5, 5.41) is 37.0. The molecule has 6 amide bonds. The molecule has 3 aromatic carbocycles. The van der Waals surface area contributed by atoms with Crippen LogP contribution in [0.2, 0.25) is 0 Å². The van der Waals surface area contributed by atoms with E-state index in [1.165, 1.54) is 4.90 Å². The number of aryl methyl sites for hydroxylation is 3. The Morgan fingerprint density at radius 1 is 0.892 bits per heavy atom. The molecule has 398 valence electrons. The summed E-state index contributed by atoms with van der Waals surface area (Å²) in [5.41, 5.74) is 8.46. The Bertz CT molecular complexity index is 2580. The predicted molar refractivity (Wildman–Crippen MR) is 284 cm³/mol. The summed E-state index contributed by atoms with van der Waals surface area (Å²) in [7, 11) is 0. The van der Waals surface area contributed by atoms with Crippen molar-refractivity contribution in [3.05, 3.63) is 113 Å². The third kappa shape index (κ3) is 17.2. The van der Waals surface area contributed by atoms with Gasteiger partial charge in [0.2, 0.25) is 17.7 Å².